The monoisotopic (exact) mass is 202 g/mol. The van der Waals surface area contributed by atoms with E-state index in [0.29, 0.717) is 0 Å². The Morgan fingerprint density at radius 1 is 1.07 bits per heavy atom. The molecule has 74 valence electrons. The number of benzene rings is 1. The second-order valence-electron chi connectivity index (χ2n) is 4.71. The predicted octanol–water partition coefficient (Wildman–Crippen LogP) is 3.42. The Hall–Kier alpha value is -1.00. The molecule has 0 heterocycles. The fourth-order valence-corrected chi connectivity index (χ4v) is 1.74. The lowest BCUT2D eigenvalue weighted by Crippen LogP contribution is -2.16. The highest BCUT2D eigenvalue weighted by atomic mass is 28.3. The number of aryl methyl sites for hydroxylation is 1. The largest absolute Gasteiger partial charge is 0.132 e. The zero-order valence-electron chi connectivity index (χ0n) is 9.52. The smallest absolute Gasteiger partial charge is 0.129 e. The minimum atomic E-state index is -1.18. The van der Waals surface area contributed by atoms with Crippen LogP contribution in [0.5, 0.6) is 0 Å². The highest BCUT2D eigenvalue weighted by Crippen LogP contribution is 2.03. The fraction of sp³-hybridized carbons (Fsp3) is 0.385. The standard InChI is InChI=1S/C13H18Si/c1-12-7-9-13(10-8-12)6-5-11-14(2,3)4/h7-10H,6H2,1-4H3. The van der Waals surface area contributed by atoms with Gasteiger partial charge < -0.3 is 0 Å². The summed E-state index contributed by atoms with van der Waals surface area (Å²) in [5, 5.41) is 0. The molecule has 1 aromatic carbocycles. The van der Waals surface area contributed by atoms with Crippen LogP contribution < -0.4 is 0 Å². The first-order valence-corrected chi connectivity index (χ1v) is 8.53. The van der Waals surface area contributed by atoms with Crippen LogP contribution in [0.15, 0.2) is 24.3 Å². The number of hydrogen-bond donors (Lipinski definition) is 0. The molecule has 0 spiro atoms. The molecule has 1 aromatic rings. The molecule has 0 fully saturated rings. The van der Waals surface area contributed by atoms with Crippen molar-refractivity contribution < 1.29 is 0 Å². The molecule has 1 heteroatoms. The quantitative estimate of drug-likeness (QED) is 0.483. The molecule has 0 saturated heterocycles. The summed E-state index contributed by atoms with van der Waals surface area (Å²) in [4.78, 5) is 0. The van der Waals surface area contributed by atoms with Crippen molar-refractivity contribution in [3.05, 3.63) is 35.4 Å². The molecule has 0 amide bonds. The Balaban J connectivity index is 2.61. The normalized spacial score (nSPS) is 10.6. The zero-order valence-corrected chi connectivity index (χ0v) is 10.5. The fourth-order valence-electron chi connectivity index (χ4n) is 1.12. The summed E-state index contributed by atoms with van der Waals surface area (Å²) in [6, 6.07) is 8.61. The van der Waals surface area contributed by atoms with E-state index in [9.17, 15) is 0 Å². The highest BCUT2D eigenvalue weighted by molar-refractivity contribution is 6.83. The van der Waals surface area contributed by atoms with Crippen LogP contribution in [0.25, 0.3) is 0 Å². The van der Waals surface area contributed by atoms with Crippen molar-refractivity contribution in [3.8, 4) is 11.5 Å². The van der Waals surface area contributed by atoms with E-state index in [1.807, 2.05) is 0 Å². The van der Waals surface area contributed by atoms with Crippen molar-refractivity contribution in [2.45, 2.75) is 33.0 Å². The molecule has 0 nitrogen and oxygen atoms in total. The average Bonchev–Trinajstić information content (AvgIpc) is 2.06. The van der Waals surface area contributed by atoms with E-state index in [2.05, 4.69) is 62.3 Å². The average molecular weight is 202 g/mol. The van der Waals surface area contributed by atoms with Gasteiger partial charge in [0.25, 0.3) is 0 Å². The Morgan fingerprint density at radius 2 is 1.64 bits per heavy atom. The summed E-state index contributed by atoms with van der Waals surface area (Å²) in [6.45, 7) is 8.93. The molecule has 0 saturated carbocycles. The molecule has 14 heavy (non-hydrogen) atoms. The maximum absolute atomic E-state index is 3.37. The van der Waals surface area contributed by atoms with Crippen LogP contribution in [-0.4, -0.2) is 8.07 Å². The van der Waals surface area contributed by atoms with Gasteiger partial charge in [-0.2, -0.15) is 0 Å². The molecule has 0 radical (unpaired) electrons. The maximum Gasteiger partial charge on any atom is 0.129 e. The number of hydrogen-bond acceptors (Lipinski definition) is 0. The van der Waals surface area contributed by atoms with Gasteiger partial charge in [0, 0.05) is 6.42 Å². The van der Waals surface area contributed by atoms with Crippen molar-refractivity contribution in [1.29, 1.82) is 0 Å². The van der Waals surface area contributed by atoms with Gasteiger partial charge in [-0.25, -0.2) is 0 Å². The Morgan fingerprint density at radius 3 is 2.14 bits per heavy atom. The third-order valence-corrected chi connectivity index (χ3v) is 2.80. The Bertz CT molecular complexity index is 344. The van der Waals surface area contributed by atoms with Gasteiger partial charge in [0.05, 0.1) is 0 Å². The van der Waals surface area contributed by atoms with Gasteiger partial charge in [0.2, 0.25) is 0 Å². The van der Waals surface area contributed by atoms with Crippen LogP contribution in [0, 0.1) is 18.4 Å². The van der Waals surface area contributed by atoms with Crippen LogP contribution in [-0.2, 0) is 6.42 Å². The van der Waals surface area contributed by atoms with Crippen molar-refractivity contribution in [2.24, 2.45) is 0 Å². The molecular weight excluding hydrogens is 184 g/mol. The minimum absolute atomic E-state index is 0.893. The first-order valence-electron chi connectivity index (χ1n) is 5.03. The second kappa shape index (κ2) is 4.48. The van der Waals surface area contributed by atoms with Crippen LogP contribution in [0.4, 0.5) is 0 Å². The molecule has 0 aliphatic carbocycles. The second-order valence-corrected chi connectivity index (χ2v) is 9.46. The van der Waals surface area contributed by atoms with Crippen LogP contribution in [0.1, 0.15) is 11.1 Å². The SMILES string of the molecule is Cc1ccc(CC#C[Si](C)(C)C)cc1. The topological polar surface area (TPSA) is 0 Å². The molecule has 0 aliphatic rings. The van der Waals surface area contributed by atoms with Gasteiger partial charge in [-0.05, 0) is 12.5 Å². The molecule has 0 unspecified atom stereocenters. The predicted molar refractivity (Wildman–Crippen MR) is 66.0 cm³/mol. The van der Waals surface area contributed by atoms with E-state index in [1.54, 1.807) is 0 Å². The maximum atomic E-state index is 3.37. The van der Waals surface area contributed by atoms with Crippen molar-refractivity contribution in [3.63, 3.8) is 0 Å². The van der Waals surface area contributed by atoms with E-state index >= 15 is 0 Å². The van der Waals surface area contributed by atoms with Crippen LogP contribution in [0.3, 0.4) is 0 Å². The Kier molecular flexibility index (Phi) is 3.54. The minimum Gasteiger partial charge on any atom is -0.132 e. The molecular formula is C13H18Si. The lowest BCUT2D eigenvalue weighted by atomic mass is 10.1. The van der Waals surface area contributed by atoms with Crippen LogP contribution >= 0.6 is 0 Å². The zero-order chi connectivity index (χ0) is 10.6. The summed E-state index contributed by atoms with van der Waals surface area (Å²) in [7, 11) is -1.18. The molecule has 0 aliphatic heterocycles. The van der Waals surface area contributed by atoms with Gasteiger partial charge in [-0.3, -0.25) is 0 Å². The third-order valence-electron chi connectivity index (χ3n) is 1.88. The van der Waals surface area contributed by atoms with Crippen molar-refractivity contribution in [1.82, 2.24) is 0 Å². The summed E-state index contributed by atoms with van der Waals surface area (Å²) in [6.07, 6.45) is 0.893. The summed E-state index contributed by atoms with van der Waals surface area (Å²) < 4.78 is 0. The van der Waals surface area contributed by atoms with Crippen molar-refractivity contribution >= 4 is 8.07 Å². The lowest BCUT2D eigenvalue weighted by molar-refractivity contribution is 1.30. The first-order chi connectivity index (χ1) is 6.47. The van der Waals surface area contributed by atoms with Gasteiger partial charge in [0.15, 0.2) is 0 Å². The van der Waals surface area contributed by atoms with Gasteiger partial charge in [-0.1, -0.05) is 49.5 Å². The lowest BCUT2D eigenvalue weighted by Gasteiger charge is -2.03. The molecule has 0 aromatic heterocycles. The van der Waals surface area contributed by atoms with Gasteiger partial charge in [0.1, 0.15) is 8.07 Å². The van der Waals surface area contributed by atoms with Crippen LogP contribution in [0.2, 0.25) is 19.6 Å². The van der Waals surface area contributed by atoms with E-state index in [4.69, 9.17) is 0 Å². The van der Waals surface area contributed by atoms with E-state index in [1.165, 1.54) is 11.1 Å². The highest BCUT2D eigenvalue weighted by Gasteiger charge is 2.06. The summed E-state index contributed by atoms with van der Waals surface area (Å²) in [5.74, 6) is 3.27. The Labute approximate surface area is 88.4 Å². The first kappa shape index (κ1) is 11.1. The van der Waals surface area contributed by atoms with Gasteiger partial charge >= 0.3 is 0 Å². The summed E-state index contributed by atoms with van der Waals surface area (Å²) >= 11 is 0. The van der Waals surface area contributed by atoms with Crippen molar-refractivity contribution in [2.75, 3.05) is 0 Å². The number of rotatable bonds is 1. The molecule has 0 bridgehead atoms. The van der Waals surface area contributed by atoms with E-state index in [-0.39, 0.29) is 0 Å². The third kappa shape index (κ3) is 4.29. The van der Waals surface area contributed by atoms with Gasteiger partial charge in [-0.15, -0.1) is 11.5 Å². The van der Waals surface area contributed by atoms with E-state index < -0.39 is 8.07 Å². The molecule has 1 rings (SSSR count). The van der Waals surface area contributed by atoms with E-state index in [0.717, 1.165) is 6.42 Å². The molecule has 0 N–H and O–H groups in total. The summed E-state index contributed by atoms with van der Waals surface area (Å²) in [5.41, 5.74) is 6.01. The molecule has 0 atom stereocenters.